The first-order chi connectivity index (χ1) is 8.72. The van der Waals surface area contributed by atoms with E-state index >= 15 is 0 Å². The highest BCUT2D eigenvalue weighted by Gasteiger charge is 2.36. The van der Waals surface area contributed by atoms with E-state index in [1.54, 1.807) is 0 Å². The van der Waals surface area contributed by atoms with Crippen molar-refractivity contribution in [2.45, 2.75) is 51.6 Å². The minimum absolute atomic E-state index is 0.000251. The molecular formula is C12H21N3O4. The molecule has 0 heterocycles. The SMILES string of the molecule is CC1(C)CCCC1NC(=O)N[C@@H](CC(N)=O)C(=O)O. The minimum atomic E-state index is -1.29. The summed E-state index contributed by atoms with van der Waals surface area (Å²) in [5, 5.41) is 13.9. The average Bonchev–Trinajstić information content (AvgIpc) is 2.56. The van der Waals surface area contributed by atoms with E-state index in [4.69, 9.17) is 10.8 Å². The van der Waals surface area contributed by atoms with Crippen LogP contribution in [0.15, 0.2) is 0 Å². The second kappa shape index (κ2) is 5.90. The first kappa shape index (κ1) is 15.3. The molecule has 3 amide bonds. The number of carboxylic acids is 1. The van der Waals surface area contributed by atoms with Crippen LogP contribution in [0.1, 0.15) is 39.5 Å². The van der Waals surface area contributed by atoms with E-state index in [9.17, 15) is 14.4 Å². The highest BCUT2D eigenvalue weighted by atomic mass is 16.4. The van der Waals surface area contributed by atoms with Gasteiger partial charge in [0.15, 0.2) is 0 Å². The van der Waals surface area contributed by atoms with Crippen LogP contribution in [0.5, 0.6) is 0 Å². The second-order valence-electron chi connectivity index (χ2n) is 5.61. The van der Waals surface area contributed by atoms with Gasteiger partial charge in [0.1, 0.15) is 6.04 Å². The zero-order valence-electron chi connectivity index (χ0n) is 11.2. The van der Waals surface area contributed by atoms with Gasteiger partial charge < -0.3 is 21.5 Å². The van der Waals surface area contributed by atoms with Gasteiger partial charge in [-0.1, -0.05) is 20.3 Å². The molecule has 0 spiro atoms. The van der Waals surface area contributed by atoms with Gasteiger partial charge in [-0.2, -0.15) is 0 Å². The van der Waals surface area contributed by atoms with Gasteiger partial charge >= 0.3 is 12.0 Å². The maximum absolute atomic E-state index is 11.7. The van der Waals surface area contributed by atoms with Gasteiger partial charge in [0.2, 0.25) is 5.91 Å². The van der Waals surface area contributed by atoms with Crippen LogP contribution in [0.3, 0.4) is 0 Å². The predicted octanol–water partition coefficient (Wildman–Crippen LogP) is 0.193. The van der Waals surface area contributed by atoms with E-state index in [-0.39, 0.29) is 11.5 Å². The van der Waals surface area contributed by atoms with Crippen LogP contribution in [-0.2, 0) is 9.59 Å². The Hall–Kier alpha value is -1.79. The molecule has 7 nitrogen and oxygen atoms in total. The largest absolute Gasteiger partial charge is 0.480 e. The van der Waals surface area contributed by atoms with Gasteiger partial charge in [-0.15, -0.1) is 0 Å². The molecule has 1 rings (SSSR count). The molecule has 108 valence electrons. The van der Waals surface area contributed by atoms with Crippen molar-refractivity contribution in [2.24, 2.45) is 11.1 Å². The average molecular weight is 271 g/mol. The third-order valence-corrected chi connectivity index (χ3v) is 3.57. The fraction of sp³-hybridized carbons (Fsp3) is 0.750. The van der Waals surface area contributed by atoms with Crippen molar-refractivity contribution < 1.29 is 19.5 Å². The topological polar surface area (TPSA) is 122 Å². The molecule has 0 saturated heterocycles. The lowest BCUT2D eigenvalue weighted by molar-refractivity contribution is -0.140. The molecule has 0 aliphatic heterocycles. The van der Waals surface area contributed by atoms with Crippen LogP contribution in [0.2, 0.25) is 0 Å². The Morgan fingerprint density at radius 2 is 2.05 bits per heavy atom. The van der Waals surface area contributed by atoms with Gasteiger partial charge in [-0.25, -0.2) is 9.59 Å². The summed E-state index contributed by atoms with van der Waals surface area (Å²) in [7, 11) is 0. The van der Waals surface area contributed by atoms with E-state index in [0.717, 1.165) is 19.3 Å². The normalized spacial score (nSPS) is 22.5. The molecular weight excluding hydrogens is 250 g/mol. The fourth-order valence-corrected chi connectivity index (χ4v) is 2.35. The summed E-state index contributed by atoms with van der Waals surface area (Å²) in [6.45, 7) is 4.12. The quantitative estimate of drug-likeness (QED) is 0.570. The molecule has 2 atom stereocenters. The number of hydrogen-bond donors (Lipinski definition) is 4. The van der Waals surface area contributed by atoms with Crippen LogP contribution in [0.4, 0.5) is 4.79 Å². The monoisotopic (exact) mass is 271 g/mol. The van der Waals surface area contributed by atoms with E-state index in [1.807, 2.05) is 0 Å². The highest BCUT2D eigenvalue weighted by molar-refractivity contribution is 5.87. The molecule has 0 aromatic heterocycles. The Morgan fingerprint density at radius 3 is 2.47 bits per heavy atom. The Kier molecular flexibility index (Phi) is 4.74. The first-order valence-electron chi connectivity index (χ1n) is 6.30. The molecule has 0 aromatic carbocycles. The number of nitrogens with two attached hydrogens (primary N) is 1. The Morgan fingerprint density at radius 1 is 1.42 bits per heavy atom. The van der Waals surface area contributed by atoms with Crippen molar-refractivity contribution >= 4 is 17.9 Å². The number of hydrogen-bond acceptors (Lipinski definition) is 3. The lowest BCUT2D eigenvalue weighted by Crippen LogP contribution is -2.52. The van der Waals surface area contributed by atoms with Crippen LogP contribution in [0.25, 0.3) is 0 Å². The smallest absolute Gasteiger partial charge is 0.326 e. The van der Waals surface area contributed by atoms with Gasteiger partial charge in [-0.3, -0.25) is 4.79 Å². The predicted molar refractivity (Wildman–Crippen MR) is 68.3 cm³/mol. The number of primary amides is 1. The molecule has 1 saturated carbocycles. The summed E-state index contributed by atoms with van der Waals surface area (Å²) >= 11 is 0. The van der Waals surface area contributed by atoms with Crippen LogP contribution in [0, 0.1) is 5.41 Å². The number of rotatable bonds is 5. The lowest BCUT2D eigenvalue weighted by atomic mass is 9.87. The van der Waals surface area contributed by atoms with Crippen LogP contribution < -0.4 is 16.4 Å². The third kappa shape index (κ3) is 4.42. The highest BCUT2D eigenvalue weighted by Crippen LogP contribution is 2.37. The summed E-state index contributed by atoms with van der Waals surface area (Å²) in [6.07, 6.45) is 2.49. The standard InChI is InChI=1S/C12H21N3O4/c1-12(2)5-3-4-8(12)15-11(19)14-7(10(17)18)6-9(13)16/h7-8H,3-6H2,1-2H3,(H2,13,16)(H,17,18)(H2,14,15,19)/t7-,8?/m0/s1. The van der Waals surface area contributed by atoms with Gasteiger partial charge in [-0.05, 0) is 18.3 Å². The molecule has 1 aliphatic rings. The second-order valence-corrected chi connectivity index (χ2v) is 5.61. The summed E-state index contributed by atoms with van der Waals surface area (Å²) in [6, 6.07) is -1.86. The first-order valence-corrected chi connectivity index (χ1v) is 6.30. The molecule has 0 radical (unpaired) electrons. The van der Waals surface area contributed by atoms with Gasteiger partial charge in [0, 0.05) is 6.04 Å². The Labute approximate surface area is 111 Å². The summed E-state index contributed by atoms with van der Waals surface area (Å²) < 4.78 is 0. The van der Waals surface area contributed by atoms with Crippen LogP contribution in [-0.4, -0.2) is 35.1 Å². The zero-order valence-corrected chi connectivity index (χ0v) is 11.2. The molecule has 19 heavy (non-hydrogen) atoms. The zero-order chi connectivity index (χ0) is 14.6. The van der Waals surface area contributed by atoms with E-state index in [0.29, 0.717) is 0 Å². The number of carboxylic acid groups (broad SMARTS) is 1. The number of carbonyl (C=O) groups is 3. The fourth-order valence-electron chi connectivity index (χ4n) is 2.35. The van der Waals surface area contributed by atoms with E-state index in [2.05, 4.69) is 24.5 Å². The number of carbonyl (C=O) groups excluding carboxylic acids is 2. The van der Waals surface area contributed by atoms with E-state index in [1.165, 1.54) is 0 Å². The van der Waals surface area contributed by atoms with Crippen molar-refractivity contribution in [1.29, 1.82) is 0 Å². The van der Waals surface area contributed by atoms with Crippen molar-refractivity contribution in [3.63, 3.8) is 0 Å². The van der Waals surface area contributed by atoms with Gasteiger partial charge in [0.25, 0.3) is 0 Å². The molecule has 1 aliphatic carbocycles. The maximum Gasteiger partial charge on any atom is 0.326 e. The Bertz CT molecular complexity index is 381. The van der Waals surface area contributed by atoms with Crippen molar-refractivity contribution in [2.75, 3.05) is 0 Å². The van der Waals surface area contributed by atoms with Crippen molar-refractivity contribution in [3.05, 3.63) is 0 Å². The van der Waals surface area contributed by atoms with Crippen LogP contribution >= 0.6 is 0 Å². The van der Waals surface area contributed by atoms with Crippen molar-refractivity contribution in [1.82, 2.24) is 10.6 Å². The molecule has 1 fully saturated rings. The Balaban J connectivity index is 2.53. The number of aliphatic carboxylic acids is 1. The van der Waals surface area contributed by atoms with Gasteiger partial charge in [0.05, 0.1) is 6.42 Å². The van der Waals surface area contributed by atoms with E-state index < -0.39 is 30.4 Å². The van der Waals surface area contributed by atoms with Crippen molar-refractivity contribution in [3.8, 4) is 0 Å². The molecule has 0 bridgehead atoms. The molecule has 0 aromatic rings. The summed E-state index contributed by atoms with van der Waals surface area (Å²) in [4.78, 5) is 33.4. The minimum Gasteiger partial charge on any atom is -0.480 e. The molecule has 7 heteroatoms. The maximum atomic E-state index is 11.7. The number of urea groups is 1. The summed E-state index contributed by atoms with van der Waals surface area (Å²) in [5.41, 5.74) is 4.94. The molecule has 5 N–H and O–H groups in total. The lowest BCUT2D eigenvalue weighted by Gasteiger charge is -2.28. The molecule has 1 unspecified atom stereocenters. The number of amides is 3. The number of nitrogens with one attached hydrogen (secondary N) is 2. The third-order valence-electron chi connectivity index (χ3n) is 3.57. The summed E-state index contributed by atoms with van der Waals surface area (Å²) in [5.74, 6) is -2.05.